The molecule has 0 saturated carbocycles. The van der Waals surface area contributed by atoms with Gasteiger partial charge in [0, 0.05) is 18.7 Å². The highest BCUT2D eigenvalue weighted by molar-refractivity contribution is 5.73. The molecular formula is C19H25NO3. The first-order valence-corrected chi connectivity index (χ1v) is 7.81. The summed E-state index contributed by atoms with van der Waals surface area (Å²) in [4.78, 5) is 13.8. The van der Waals surface area contributed by atoms with Crippen LogP contribution in [0, 0.1) is 0 Å². The number of carbonyl (C=O) groups excluding carboxylic acids is 1. The average molecular weight is 315 g/mol. The third-order valence-corrected chi connectivity index (χ3v) is 3.68. The lowest BCUT2D eigenvalue weighted by Crippen LogP contribution is -2.39. The van der Waals surface area contributed by atoms with E-state index in [1.807, 2.05) is 32.9 Å². The van der Waals surface area contributed by atoms with E-state index in [9.17, 15) is 4.79 Å². The van der Waals surface area contributed by atoms with Crippen LogP contribution in [0.2, 0.25) is 0 Å². The quantitative estimate of drug-likeness (QED) is 0.779. The molecule has 0 radical (unpaired) electrons. The highest BCUT2D eigenvalue weighted by atomic mass is 16.6. The molecular weight excluding hydrogens is 290 g/mol. The Morgan fingerprint density at radius 1 is 1.22 bits per heavy atom. The summed E-state index contributed by atoms with van der Waals surface area (Å²) in [6, 6.07) is 8.13. The van der Waals surface area contributed by atoms with Crippen molar-refractivity contribution in [3.05, 3.63) is 48.0 Å². The predicted molar refractivity (Wildman–Crippen MR) is 92.9 cm³/mol. The van der Waals surface area contributed by atoms with Gasteiger partial charge in [0.15, 0.2) is 0 Å². The SMILES string of the molecule is C=C(OC)c1ccc(C2=CCN(C(=O)OC(C)(C)C)CC2)cc1. The number of benzene rings is 1. The van der Waals surface area contributed by atoms with E-state index < -0.39 is 5.60 Å². The van der Waals surface area contributed by atoms with Gasteiger partial charge in [0.2, 0.25) is 0 Å². The largest absolute Gasteiger partial charge is 0.497 e. The highest BCUT2D eigenvalue weighted by Crippen LogP contribution is 2.25. The number of hydrogen-bond acceptors (Lipinski definition) is 3. The first-order chi connectivity index (χ1) is 10.8. The van der Waals surface area contributed by atoms with Crippen LogP contribution in [0.4, 0.5) is 4.79 Å². The molecule has 0 spiro atoms. The lowest BCUT2D eigenvalue weighted by Gasteiger charge is -2.29. The van der Waals surface area contributed by atoms with Crippen LogP contribution in [0.15, 0.2) is 36.9 Å². The van der Waals surface area contributed by atoms with Gasteiger partial charge < -0.3 is 14.4 Å². The normalized spacial score (nSPS) is 15.0. The van der Waals surface area contributed by atoms with E-state index in [2.05, 4.69) is 24.8 Å². The second-order valence-corrected chi connectivity index (χ2v) is 6.61. The lowest BCUT2D eigenvalue weighted by molar-refractivity contribution is 0.0270. The van der Waals surface area contributed by atoms with Gasteiger partial charge in [0.25, 0.3) is 0 Å². The monoisotopic (exact) mass is 315 g/mol. The van der Waals surface area contributed by atoms with Gasteiger partial charge in [-0.2, -0.15) is 0 Å². The van der Waals surface area contributed by atoms with Crippen molar-refractivity contribution in [3.63, 3.8) is 0 Å². The molecule has 1 aromatic rings. The van der Waals surface area contributed by atoms with E-state index in [4.69, 9.17) is 9.47 Å². The van der Waals surface area contributed by atoms with E-state index in [1.54, 1.807) is 12.0 Å². The van der Waals surface area contributed by atoms with Gasteiger partial charge in [-0.3, -0.25) is 0 Å². The maximum Gasteiger partial charge on any atom is 0.410 e. The number of rotatable bonds is 3. The summed E-state index contributed by atoms with van der Waals surface area (Å²) in [6.07, 6.45) is 2.66. The van der Waals surface area contributed by atoms with Crippen molar-refractivity contribution in [2.45, 2.75) is 32.8 Å². The Morgan fingerprint density at radius 3 is 2.35 bits per heavy atom. The van der Waals surface area contributed by atoms with Crippen molar-refractivity contribution >= 4 is 17.4 Å². The van der Waals surface area contributed by atoms with Crippen molar-refractivity contribution in [1.82, 2.24) is 4.90 Å². The number of carbonyl (C=O) groups is 1. The third-order valence-electron chi connectivity index (χ3n) is 3.68. The summed E-state index contributed by atoms with van der Waals surface area (Å²) in [5.41, 5.74) is 2.93. The van der Waals surface area contributed by atoms with Crippen LogP contribution in [0.3, 0.4) is 0 Å². The molecule has 0 N–H and O–H groups in total. The van der Waals surface area contributed by atoms with Gasteiger partial charge in [-0.15, -0.1) is 0 Å². The van der Waals surface area contributed by atoms with E-state index in [1.165, 1.54) is 11.1 Å². The van der Waals surface area contributed by atoms with Gasteiger partial charge in [-0.05, 0) is 38.3 Å². The molecule has 0 atom stereocenters. The molecule has 0 bridgehead atoms. The zero-order chi connectivity index (χ0) is 17.0. The smallest absolute Gasteiger partial charge is 0.410 e. The fourth-order valence-electron chi connectivity index (χ4n) is 2.41. The van der Waals surface area contributed by atoms with Crippen molar-refractivity contribution in [2.24, 2.45) is 0 Å². The number of nitrogens with zero attached hydrogens (tertiary/aromatic N) is 1. The number of amides is 1. The van der Waals surface area contributed by atoms with E-state index in [-0.39, 0.29) is 6.09 Å². The highest BCUT2D eigenvalue weighted by Gasteiger charge is 2.23. The van der Waals surface area contributed by atoms with Crippen molar-refractivity contribution in [3.8, 4) is 0 Å². The van der Waals surface area contributed by atoms with Crippen LogP contribution in [0.1, 0.15) is 38.3 Å². The summed E-state index contributed by atoms with van der Waals surface area (Å²) >= 11 is 0. The van der Waals surface area contributed by atoms with Gasteiger partial charge in [0.1, 0.15) is 11.4 Å². The summed E-state index contributed by atoms with van der Waals surface area (Å²) in [7, 11) is 1.62. The van der Waals surface area contributed by atoms with E-state index >= 15 is 0 Å². The molecule has 1 aliphatic heterocycles. The van der Waals surface area contributed by atoms with Crippen LogP contribution in [-0.2, 0) is 9.47 Å². The van der Waals surface area contributed by atoms with Gasteiger partial charge in [-0.1, -0.05) is 36.9 Å². The Kier molecular flexibility index (Phi) is 5.14. The fourth-order valence-corrected chi connectivity index (χ4v) is 2.41. The minimum atomic E-state index is -0.458. The molecule has 23 heavy (non-hydrogen) atoms. The maximum absolute atomic E-state index is 12.1. The molecule has 0 saturated heterocycles. The van der Waals surface area contributed by atoms with Crippen molar-refractivity contribution in [1.29, 1.82) is 0 Å². The van der Waals surface area contributed by atoms with Crippen LogP contribution in [-0.4, -0.2) is 36.8 Å². The Morgan fingerprint density at radius 2 is 1.87 bits per heavy atom. The molecule has 4 heteroatoms. The van der Waals surface area contributed by atoms with Crippen LogP contribution < -0.4 is 0 Å². The Labute approximate surface area is 138 Å². The third kappa shape index (κ3) is 4.62. The van der Waals surface area contributed by atoms with Gasteiger partial charge >= 0.3 is 6.09 Å². The molecule has 124 valence electrons. The summed E-state index contributed by atoms with van der Waals surface area (Å²) in [6.45, 7) is 10.7. The summed E-state index contributed by atoms with van der Waals surface area (Å²) in [5.74, 6) is 0.658. The first kappa shape index (κ1) is 17.1. The Hall–Kier alpha value is -2.23. The average Bonchev–Trinajstić information content (AvgIpc) is 2.53. The zero-order valence-corrected chi connectivity index (χ0v) is 14.4. The zero-order valence-electron chi connectivity index (χ0n) is 14.4. The molecule has 0 fully saturated rings. The van der Waals surface area contributed by atoms with Crippen molar-refractivity contribution < 1.29 is 14.3 Å². The maximum atomic E-state index is 12.1. The van der Waals surface area contributed by atoms with Crippen LogP contribution in [0.25, 0.3) is 11.3 Å². The Balaban J connectivity index is 2.01. The van der Waals surface area contributed by atoms with Crippen LogP contribution in [0.5, 0.6) is 0 Å². The molecule has 1 heterocycles. The summed E-state index contributed by atoms with van der Waals surface area (Å²) in [5, 5.41) is 0. The number of ether oxygens (including phenoxy) is 2. The molecule has 0 aromatic heterocycles. The predicted octanol–water partition coefficient (Wildman–Crippen LogP) is 4.33. The molecule has 1 aliphatic rings. The standard InChI is InChI=1S/C19H25NO3/c1-14(22-5)15-6-8-16(9-7-15)17-10-12-20(13-11-17)18(21)23-19(2,3)4/h6-10H,1,11-13H2,2-5H3. The molecule has 1 amide bonds. The van der Waals surface area contributed by atoms with E-state index in [0.717, 1.165) is 12.0 Å². The topological polar surface area (TPSA) is 38.8 Å². The fraction of sp³-hybridized carbons (Fsp3) is 0.421. The second-order valence-electron chi connectivity index (χ2n) is 6.61. The molecule has 0 unspecified atom stereocenters. The minimum Gasteiger partial charge on any atom is -0.497 e. The Bertz CT molecular complexity index is 608. The molecule has 2 rings (SSSR count). The van der Waals surface area contributed by atoms with Crippen LogP contribution >= 0.6 is 0 Å². The molecule has 1 aromatic carbocycles. The van der Waals surface area contributed by atoms with Gasteiger partial charge in [0.05, 0.1) is 7.11 Å². The van der Waals surface area contributed by atoms with E-state index in [0.29, 0.717) is 18.8 Å². The first-order valence-electron chi connectivity index (χ1n) is 7.81. The van der Waals surface area contributed by atoms with Crippen molar-refractivity contribution in [2.75, 3.05) is 20.2 Å². The lowest BCUT2D eigenvalue weighted by atomic mass is 9.98. The number of hydrogen-bond donors (Lipinski definition) is 0. The minimum absolute atomic E-state index is 0.250. The number of methoxy groups -OCH3 is 1. The second kappa shape index (κ2) is 6.90. The summed E-state index contributed by atoms with van der Waals surface area (Å²) < 4.78 is 10.5. The molecule has 4 nitrogen and oxygen atoms in total. The van der Waals surface area contributed by atoms with Gasteiger partial charge in [-0.25, -0.2) is 4.79 Å². The molecule has 0 aliphatic carbocycles.